The molecule has 17 heavy (non-hydrogen) atoms. The molecule has 0 aromatic heterocycles. The fourth-order valence-corrected chi connectivity index (χ4v) is 2.40. The van der Waals surface area contributed by atoms with E-state index < -0.39 is 0 Å². The first kappa shape index (κ1) is 12.8. The summed E-state index contributed by atoms with van der Waals surface area (Å²) in [4.78, 5) is 2.33. The molecule has 0 aliphatic carbocycles. The number of halogens is 2. The molecular weight excluding hydrogens is 257 g/mol. The van der Waals surface area contributed by atoms with Gasteiger partial charge in [0, 0.05) is 6.04 Å². The Balaban J connectivity index is 2.06. The molecule has 1 aliphatic heterocycles. The first-order chi connectivity index (χ1) is 8.06. The number of nitrogens with two attached hydrogens (primary N) is 1. The predicted octanol–water partition coefficient (Wildman–Crippen LogP) is 3.08. The van der Waals surface area contributed by atoms with Gasteiger partial charge >= 0.3 is 0 Å². The number of benzene rings is 1. The van der Waals surface area contributed by atoms with Crippen molar-refractivity contribution >= 4 is 34.6 Å². The number of rotatable bonds is 2. The monoisotopic (exact) mass is 273 g/mol. The Morgan fingerprint density at radius 3 is 2.47 bits per heavy atom. The highest BCUT2D eigenvalue weighted by Crippen LogP contribution is 2.31. The number of hydrogen-bond donors (Lipinski definition) is 2. The number of hydrogen-bond acceptors (Lipinski definition) is 3. The summed E-state index contributed by atoms with van der Waals surface area (Å²) in [7, 11) is 2.14. The lowest BCUT2D eigenvalue weighted by Crippen LogP contribution is -2.36. The third-order valence-corrected chi connectivity index (χ3v) is 3.89. The fourth-order valence-electron chi connectivity index (χ4n) is 2.06. The van der Waals surface area contributed by atoms with Gasteiger partial charge in [-0.3, -0.25) is 0 Å². The zero-order valence-electron chi connectivity index (χ0n) is 9.84. The van der Waals surface area contributed by atoms with Crippen molar-refractivity contribution in [2.45, 2.75) is 18.9 Å². The molecule has 1 aromatic rings. The summed E-state index contributed by atoms with van der Waals surface area (Å²) in [5.74, 6) is 0. The highest BCUT2D eigenvalue weighted by molar-refractivity contribution is 6.42. The Hall–Kier alpha value is -0.640. The van der Waals surface area contributed by atoms with Gasteiger partial charge in [-0.05, 0) is 45.1 Å². The molecule has 3 nitrogen and oxygen atoms in total. The third-order valence-electron chi connectivity index (χ3n) is 3.17. The van der Waals surface area contributed by atoms with Crippen LogP contribution in [0.3, 0.4) is 0 Å². The van der Waals surface area contributed by atoms with Crippen LogP contribution in [0, 0.1) is 0 Å². The van der Waals surface area contributed by atoms with Gasteiger partial charge in [0.25, 0.3) is 0 Å². The van der Waals surface area contributed by atoms with Gasteiger partial charge in [-0.15, -0.1) is 0 Å². The Morgan fingerprint density at radius 1 is 1.24 bits per heavy atom. The smallest absolute Gasteiger partial charge is 0.0614 e. The maximum absolute atomic E-state index is 5.99. The van der Waals surface area contributed by atoms with Gasteiger partial charge < -0.3 is 16.0 Å². The highest BCUT2D eigenvalue weighted by Gasteiger charge is 2.17. The molecule has 0 unspecified atom stereocenters. The van der Waals surface area contributed by atoms with Crippen LogP contribution in [0.1, 0.15) is 12.8 Å². The quantitative estimate of drug-likeness (QED) is 0.814. The Morgan fingerprint density at radius 2 is 1.82 bits per heavy atom. The van der Waals surface area contributed by atoms with E-state index in [-0.39, 0.29) is 0 Å². The lowest BCUT2D eigenvalue weighted by Gasteiger charge is -2.30. The molecule has 1 heterocycles. The molecule has 5 heteroatoms. The van der Waals surface area contributed by atoms with E-state index in [2.05, 4.69) is 17.3 Å². The maximum atomic E-state index is 5.99. The standard InChI is InChI=1S/C12H17Cl2N3/c1-17-4-2-8(3-5-17)16-12-7-10(14)9(13)6-11(12)15/h6-8,16H,2-5,15H2,1H3. The summed E-state index contributed by atoms with van der Waals surface area (Å²) in [6.45, 7) is 2.22. The van der Waals surface area contributed by atoms with Crippen LogP contribution >= 0.6 is 23.2 Å². The molecule has 1 aromatic carbocycles. The SMILES string of the molecule is CN1CCC(Nc2cc(Cl)c(Cl)cc2N)CC1. The van der Waals surface area contributed by atoms with Crippen molar-refractivity contribution in [1.29, 1.82) is 0 Å². The molecule has 0 saturated carbocycles. The molecule has 0 amide bonds. The number of likely N-dealkylation sites (tertiary alicyclic amines) is 1. The lowest BCUT2D eigenvalue weighted by atomic mass is 10.1. The van der Waals surface area contributed by atoms with Gasteiger partial charge in [-0.25, -0.2) is 0 Å². The largest absolute Gasteiger partial charge is 0.397 e. The van der Waals surface area contributed by atoms with Gasteiger partial charge in [0.05, 0.1) is 21.4 Å². The summed E-state index contributed by atoms with van der Waals surface area (Å²) < 4.78 is 0. The van der Waals surface area contributed by atoms with Gasteiger partial charge in [0.2, 0.25) is 0 Å². The molecule has 0 spiro atoms. The molecule has 2 rings (SSSR count). The highest BCUT2D eigenvalue weighted by atomic mass is 35.5. The number of nitrogens with one attached hydrogen (secondary N) is 1. The van der Waals surface area contributed by atoms with E-state index in [1.165, 1.54) is 0 Å². The predicted molar refractivity (Wildman–Crippen MR) is 75.0 cm³/mol. The van der Waals surface area contributed by atoms with Crippen LogP contribution in [0.5, 0.6) is 0 Å². The van der Waals surface area contributed by atoms with Gasteiger partial charge in [-0.2, -0.15) is 0 Å². The van der Waals surface area contributed by atoms with Gasteiger partial charge in [0.1, 0.15) is 0 Å². The maximum Gasteiger partial charge on any atom is 0.0614 e. The molecule has 0 radical (unpaired) electrons. The van der Waals surface area contributed by atoms with Gasteiger partial charge in [0.15, 0.2) is 0 Å². The van der Waals surface area contributed by atoms with Crippen LogP contribution in [0.25, 0.3) is 0 Å². The molecule has 0 bridgehead atoms. The van der Waals surface area contributed by atoms with Crippen molar-refractivity contribution < 1.29 is 0 Å². The molecule has 3 N–H and O–H groups in total. The molecular formula is C12H17Cl2N3. The summed E-state index contributed by atoms with van der Waals surface area (Å²) in [5, 5.41) is 4.48. The minimum Gasteiger partial charge on any atom is -0.397 e. The summed E-state index contributed by atoms with van der Waals surface area (Å²) in [5.41, 5.74) is 7.45. The Bertz CT molecular complexity index is 401. The van der Waals surface area contributed by atoms with Crippen molar-refractivity contribution in [1.82, 2.24) is 4.90 Å². The zero-order chi connectivity index (χ0) is 12.4. The van der Waals surface area contributed by atoms with Gasteiger partial charge in [-0.1, -0.05) is 23.2 Å². The normalized spacial score (nSPS) is 18.3. The molecule has 1 saturated heterocycles. The second-order valence-corrected chi connectivity index (χ2v) is 5.39. The van der Waals surface area contributed by atoms with Crippen molar-refractivity contribution in [3.63, 3.8) is 0 Å². The average molecular weight is 274 g/mol. The summed E-state index contributed by atoms with van der Waals surface area (Å²) in [6, 6.07) is 3.96. The third kappa shape index (κ3) is 3.18. The van der Waals surface area contributed by atoms with Crippen LogP contribution in [0.15, 0.2) is 12.1 Å². The first-order valence-corrected chi connectivity index (χ1v) is 6.51. The van der Waals surface area contributed by atoms with Crippen LogP contribution in [-0.4, -0.2) is 31.1 Å². The van der Waals surface area contributed by atoms with Crippen LogP contribution in [0.2, 0.25) is 10.0 Å². The topological polar surface area (TPSA) is 41.3 Å². The summed E-state index contributed by atoms with van der Waals surface area (Å²) >= 11 is 11.9. The number of nitrogens with zero attached hydrogens (tertiary/aromatic N) is 1. The van der Waals surface area contributed by atoms with E-state index in [1.54, 1.807) is 12.1 Å². The van der Waals surface area contributed by atoms with Crippen LogP contribution < -0.4 is 11.1 Å². The van der Waals surface area contributed by atoms with Crippen LogP contribution in [-0.2, 0) is 0 Å². The fraction of sp³-hybridized carbons (Fsp3) is 0.500. The average Bonchev–Trinajstić information content (AvgIpc) is 2.29. The van der Waals surface area contributed by atoms with Crippen molar-refractivity contribution in [3.05, 3.63) is 22.2 Å². The van der Waals surface area contributed by atoms with E-state index in [0.29, 0.717) is 21.8 Å². The number of anilines is 2. The Labute approximate surface area is 112 Å². The lowest BCUT2D eigenvalue weighted by molar-refractivity contribution is 0.264. The molecule has 1 aliphatic rings. The van der Waals surface area contributed by atoms with Crippen molar-refractivity contribution in [3.8, 4) is 0 Å². The molecule has 0 atom stereocenters. The second-order valence-electron chi connectivity index (χ2n) is 4.58. The molecule has 1 fully saturated rings. The molecule has 94 valence electrons. The number of nitrogen functional groups attached to an aromatic ring is 1. The minimum absolute atomic E-state index is 0.464. The van der Waals surface area contributed by atoms with E-state index in [1.807, 2.05) is 0 Å². The number of piperidine rings is 1. The van der Waals surface area contributed by atoms with Crippen molar-refractivity contribution in [2.24, 2.45) is 0 Å². The summed E-state index contributed by atoms with van der Waals surface area (Å²) in [6.07, 6.45) is 2.24. The first-order valence-electron chi connectivity index (χ1n) is 5.76. The van der Waals surface area contributed by atoms with E-state index in [4.69, 9.17) is 28.9 Å². The zero-order valence-corrected chi connectivity index (χ0v) is 11.4. The van der Waals surface area contributed by atoms with Crippen LogP contribution in [0.4, 0.5) is 11.4 Å². The van der Waals surface area contributed by atoms with E-state index in [0.717, 1.165) is 31.6 Å². The Kier molecular flexibility index (Phi) is 4.02. The second kappa shape index (κ2) is 5.34. The van der Waals surface area contributed by atoms with E-state index in [9.17, 15) is 0 Å². The van der Waals surface area contributed by atoms with Crippen molar-refractivity contribution in [2.75, 3.05) is 31.2 Å². The van der Waals surface area contributed by atoms with E-state index >= 15 is 0 Å². The minimum atomic E-state index is 0.464.